The Morgan fingerprint density at radius 1 is 0.591 bits per heavy atom. The molecule has 8 aliphatic rings. The summed E-state index contributed by atoms with van der Waals surface area (Å²) in [6.07, 6.45) is 26.9. The minimum Gasteiger partial charge on any atom is -0.379 e. The molecule has 0 bridgehead atoms. The molecule has 0 unspecified atom stereocenters. The first-order valence-electron chi connectivity index (χ1n) is 39.1. The highest BCUT2D eigenvalue weighted by Crippen LogP contribution is 2.54. The van der Waals surface area contributed by atoms with Gasteiger partial charge >= 0.3 is 0 Å². The number of nitrogens with one attached hydrogen (secondary N) is 1. The maximum atomic E-state index is 11.0. The minimum atomic E-state index is 0.341. The number of nitrogens with zero attached hydrogens (tertiary/aromatic N) is 9. The molecule has 1 aromatic heterocycles. The van der Waals surface area contributed by atoms with Crippen LogP contribution in [0, 0.1) is 65.6 Å². The zero-order valence-electron chi connectivity index (χ0n) is 65.7. The lowest BCUT2D eigenvalue weighted by molar-refractivity contribution is -0.128. The van der Waals surface area contributed by atoms with Crippen molar-refractivity contribution in [1.82, 2.24) is 44.6 Å². The van der Waals surface area contributed by atoms with Crippen LogP contribution in [0.5, 0.6) is 0 Å². The van der Waals surface area contributed by atoms with E-state index in [1.54, 1.807) is 0 Å². The number of amides is 1. The van der Waals surface area contributed by atoms with Gasteiger partial charge < -0.3 is 29.2 Å². The minimum absolute atomic E-state index is 0.341. The molecular formula is C81H156N10O2. The predicted molar refractivity (Wildman–Crippen MR) is 405 cm³/mol. The zero-order valence-corrected chi connectivity index (χ0v) is 65.7. The van der Waals surface area contributed by atoms with E-state index in [9.17, 15) is 4.79 Å². The van der Waals surface area contributed by atoms with Crippen LogP contribution in [-0.4, -0.2) is 182 Å². The van der Waals surface area contributed by atoms with Crippen molar-refractivity contribution >= 4 is 12.1 Å². The van der Waals surface area contributed by atoms with E-state index in [4.69, 9.17) is 4.74 Å². The van der Waals surface area contributed by atoms with Gasteiger partial charge in [-0.2, -0.15) is 5.10 Å². The van der Waals surface area contributed by atoms with Crippen LogP contribution in [0.3, 0.4) is 0 Å². The third kappa shape index (κ3) is 41.3. The predicted octanol–water partition coefficient (Wildman–Crippen LogP) is 18.8. The lowest BCUT2D eigenvalue weighted by Gasteiger charge is -2.32. The first kappa shape index (κ1) is 86.3. The van der Waals surface area contributed by atoms with Crippen molar-refractivity contribution in [3.63, 3.8) is 0 Å². The van der Waals surface area contributed by atoms with Gasteiger partial charge in [0.15, 0.2) is 5.82 Å². The highest BCUT2D eigenvalue weighted by atomic mass is 16.5. The topological polar surface area (TPSA) is 99.7 Å². The van der Waals surface area contributed by atoms with Crippen LogP contribution in [-0.2, 0) is 16.1 Å². The van der Waals surface area contributed by atoms with E-state index < -0.39 is 0 Å². The first-order valence-corrected chi connectivity index (χ1v) is 39.1. The van der Waals surface area contributed by atoms with Crippen LogP contribution in [0.15, 0.2) is 23.2 Å². The summed E-state index contributed by atoms with van der Waals surface area (Å²) in [5, 5.41) is 6.77. The highest BCUT2D eigenvalue weighted by molar-refractivity contribution is 5.84. The molecule has 0 radical (unpaired) electrons. The number of piperidine rings is 2. The third-order valence-electron chi connectivity index (χ3n) is 20.2. The first-order chi connectivity index (χ1) is 44.1. The number of aromatic nitrogens is 3. The van der Waals surface area contributed by atoms with Crippen molar-refractivity contribution in [2.24, 2.45) is 63.7 Å². The Labute approximate surface area is 577 Å². The fraction of sp³-hybridized carbons (Fsp3) is 0.877. The van der Waals surface area contributed by atoms with Crippen LogP contribution in [0.4, 0.5) is 0 Å². The van der Waals surface area contributed by atoms with Crippen molar-refractivity contribution in [2.75, 3.05) is 125 Å². The molecule has 2 aromatic rings. The summed E-state index contributed by atoms with van der Waals surface area (Å²) in [6.45, 7) is 69.7. The van der Waals surface area contributed by atoms with Crippen LogP contribution in [0.2, 0.25) is 0 Å². The third-order valence-corrected chi connectivity index (χ3v) is 20.2. The van der Waals surface area contributed by atoms with E-state index in [0.717, 1.165) is 123 Å². The van der Waals surface area contributed by atoms with E-state index in [1.807, 2.05) is 18.0 Å². The van der Waals surface area contributed by atoms with Gasteiger partial charge in [0.25, 0.3) is 0 Å². The number of carbonyl (C=O) groups is 1. The lowest BCUT2D eigenvalue weighted by Crippen LogP contribution is -2.44. The number of carbonyl (C=O) groups excluding carboxylic acids is 1. The van der Waals surface area contributed by atoms with Gasteiger partial charge in [0, 0.05) is 84.0 Å². The number of morpholine rings is 1. The van der Waals surface area contributed by atoms with Gasteiger partial charge in [0.2, 0.25) is 5.91 Å². The van der Waals surface area contributed by atoms with Crippen molar-refractivity contribution in [2.45, 2.75) is 279 Å². The summed E-state index contributed by atoms with van der Waals surface area (Å²) in [6, 6.07) is 6.65. The fourth-order valence-corrected chi connectivity index (χ4v) is 13.2. The Balaban J connectivity index is 0.000000357. The molecular weight excluding hydrogens is 1140 g/mol. The number of fused-ring (bicyclic) bond motifs is 1. The molecule has 0 spiro atoms. The van der Waals surface area contributed by atoms with Gasteiger partial charge in [-0.3, -0.25) is 19.8 Å². The average molecular weight is 1300 g/mol. The van der Waals surface area contributed by atoms with Gasteiger partial charge in [0.1, 0.15) is 5.82 Å². The Hall–Kier alpha value is -2.74. The molecule has 1 N–H and O–H groups in total. The number of likely N-dealkylation sites (tertiary alicyclic amines) is 3. The number of benzene rings is 1. The Morgan fingerprint density at radius 3 is 1.58 bits per heavy atom. The second kappa shape index (κ2) is 49.7. The molecule has 10 rings (SSSR count). The summed E-state index contributed by atoms with van der Waals surface area (Å²) in [5.74, 6) is 11.0. The number of likely N-dealkylation sites (N-methyl/N-ethyl adjacent to an activating group) is 1. The Kier molecular flexibility index (Phi) is 46.2. The summed E-state index contributed by atoms with van der Waals surface area (Å²) in [7, 11) is 2.21. The molecule has 1 amide bonds. The maximum absolute atomic E-state index is 11.0. The number of hydrogen-bond donors (Lipinski definition) is 1. The summed E-state index contributed by atoms with van der Waals surface area (Å²) in [4.78, 5) is 34.1. The summed E-state index contributed by atoms with van der Waals surface area (Å²) < 4.78 is 5.24. The van der Waals surface area contributed by atoms with Gasteiger partial charge in [-0.1, -0.05) is 196 Å². The second-order valence-electron chi connectivity index (χ2n) is 32.8. The number of hydrogen-bond acceptors (Lipinski definition) is 10. The van der Waals surface area contributed by atoms with Crippen molar-refractivity contribution in [3.8, 4) is 0 Å². The van der Waals surface area contributed by atoms with E-state index >= 15 is 0 Å². The lowest BCUT2D eigenvalue weighted by atomic mass is 9.82. The number of ether oxygens (including phenoxy) is 1. The molecule has 2 saturated carbocycles. The smallest absolute Gasteiger partial charge is 0.222 e. The molecule has 0 atom stereocenters. The molecule has 7 fully saturated rings. The molecule has 6 aliphatic heterocycles. The van der Waals surface area contributed by atoms with E-state index in [-0.39, 0.29) is 0 Å². The molecule has 7 heterocycles. The quantitative estimate of drug-likeness (QED) is 0.156. The van der Waals surface area contributed by atoms with Crippen molar-refractivity contribution in [3.05, 3.63) is 46.5 Å². The number of aryl methyl sites for hydroxylation is 1. The maximum Gasteiger partial charge on any atom is 0.222 e. The van der Waals surface area contributed by atoms with E-state index in [0.29, 0.717) is 23.7 Å². The highest BCUT2D eigenvalue weighted by Gasteiger charge is 2.43. The van der Waals surface area contributed by atoms with Crippen molar-refractivity contribution < 1.29 is 9.53 Å². The van der Waals surface area contributed by atoms with E-state index in [1.165, 1.54) is 198 Å². The fourth-order valence-electron chi connectivity index (χ4n) is 13.2. The number of aromatic amines is 1. The van der Waals surface area contributed by atoms with Gasteiger partial charge in [0.05, 0.1) is 19.8 Å². The number of H-pyrrole nitrogens is 1. The largest absolute Gasteiger partial charge is 0.379 e. The van der Waals surface area contributed by atoms with Gasteiger partial charge in [-0.25, -0.2) is 4.98 Å². The van der Waals surface area contributed by atoms with Crippen molar-refractivity contribution in [1.29, 1.82) is 0 Å². The summed E-state index contributed by atoms with van der Waals surface area (Å²) >= 11 is 0. The molecule has 1 aromatic carbocycles. The Morgan fingerprint density at radius 2 is 1.15 bits per heavy atom. The Bertz CT molecular complexity index is 2130. The molecule has 12 heteroatoms. The van der Waals surface area contributed by atoms with Gasteiger partial charge in [-0.15, -0.1) is 0 Å². The number of rotatable bonds is 18. The molecule has 12 nitrogen and oxygen atoms in total. The van der Waals surface area contributed by atoms with Crippen LogP contribution in [0.1, 0.15) is 294 Å². The SMILES string of the molecule is CC(C)C1CCCCC1.CC(C)CCCN1CCCCC1.CC(C)CCN1CCN(C)CC1.CC(C)CN1CCC(C)CC1.CC(C)CN1CCCC1=O.CC(C)CN1CCOCC1.CC(C)c1ccc2c(c1)C=NC2.CCC1(C(C)C)CC1.Cc1nc(C(C)C)n[nH]1. The standard InChI is InChI=1S/C11H13N.C11H23N.C10H22N2.C10H21N.C9H18.C8H17NO.C8H15NO.C8H16.C6H11N3/c1-8(2)9-3-4-10-6-12-7-11(10)5-9;1-11(2)7-6-10-12-8-4-3-5-9-12;1-10(2)4-5-12-8-6-11(3)7-9-12;1-9(2)8-11-6-4-10(3)5-7-11;1-8(2)9-6-4-3-5-7-9;1-8(2)7-9-3-5-10-6-4-9;1-7(2)6-9-5-3-4-8(9)10;1-4-8(5-6-8)7(2)3;1-4(2)6-7-5(3)8-9-6/h3-5,7-8H,6H2,1-2H3;11H,3-10H2,1-2H3;10H,4-9H2,1-3H3;9-10H,4-8H2,1-3H3;8-9H,3-7H2,1-2H3;8H,3-7H2,1-2H3;7H,3-6H2,1-2H3;7H,4-6H2,1-3H3;4H,1-3H3,(H,7,8,9). The van der Waals surface area contributed by atoms with Crippen LogP contribution < -0.4 is 0 Å². The van der Waals surface area contributed by atoms with Crippen LogP contribution in [0.25, 0.3) is 0 Å². The molecule has 93 heavy (non-hydrogen) atoms. The molecule has 542 valence electrons. The normalized spacial score (nSPS) is 19.7. The zero-order chi connectivity index (χ0) is 69.3. The van der Waals surface area contributed by atoms with Gasteiger partial charge in [-0.05, 0) is 205 Å². The average Bonchev–Trinajstić information content (AvgIpc) is 1.68. The number of aliphatic imine (C=N–C) groups is 1. The molecule has 5 saturated heterocycles. The second-order valence-corrected chi connectivity index (χ2v) is 32.8. The summed E-state index contributed by atoms with van der Waals surface area (Å²) in [5.41, 5.74) is 4.86. The van der Waals surface area contributed by atoms with E-state index in [2.05, 4.69) is 208 Å². The van der Waals surface area contributed by atoms with Crippen LogP contribution >= 0.6 is 0 Å². The molecule has 2 aliphatic carbocycles. The monoisotopic (exact) mass is 1300 g/mol. The number of piperazine rings is 1.